The van der Waals surface area contributed by atoms with Crippen molar-refractivity contribution in [2.24, 2.45) is 0 Å². The van der Waals surface area contributed by atoms with Crippen molar-refractivity contribution in [3.8, 4) is 17.2 Å². The molecule has 0 aliphatic heterocycles. The van der Waals surface area contributed by atoms with Gasteiger partial charge in [0.25, 0.3) is 5.89 Å². The van der Waals surface area contributed by atoms with Gasteiger partial charge >= 0.3 is 0 Å². The topological polar surface area (TPSA) is 48.2 Å². The van der Waals surface area contributed by atoms with Crippen LogP contribution in [0.15, 0.2) is 51.4 Å². The number of ether oxygens (including phenoxy) is 1. The molecule has 0 saturated carbocycles. The fourth-order valence-corrected chi connectivity index (χ4v) is 2.67. The number of hydrogen-bond donors (Lipinski definition) is 0. The SMILES string of the molecule is Cc1ccc(C(C)C)c(OCc2nnc(-c3ccc(Br)cc3)o2)c1. The van der Waals surface area contributed by atoms with Gasteiger partial charge in [0.05, 0.1) is 0 Å². The number of benzene rings is 2. The van der Waals surface area contributed by atoms with E-state index in [9.17, 15) is 0 Å². The average Bonchev–Trinajstić information content (AvgIpc) is 3.02. The van der Waals surface area contributed by atoms with Crippen molar-refractivity contribution in [3.63, 3.8) is 0 Å². The predicted molar refractivity (Wildman–Crippen MR) is 97.0 cm³/mol. The summed E-state index contributed by atoms with van der Waals surface area (Å²) in [5.74, 6) is 2.22. The standard InChI is InChI=1S/C19H19BrN2O2/c1-12(2)16-9-4-13(3)10-17(16)23-11-18-21-22-19(24-18)14-5-7-15(20)8-6-14/h4-10,12H,11H2,1-3H3. The highest BCUT2D eigenvalue weighted by Crippen LogP contribution is 2.28. The van der Waals surface area contributed by atoms with Crippen LogP contribution in [0.3, 0.4) is 0 Å². The molecule has 2 aromatic carbocycles. The van der Waals surface area contributed by atoms with Gasteiger partial charge in [-0.3, -0.25) is 0 Å². The number of aryl methyl sites for hydroxylation is 1. The van der Waals surface area contributed by atoms with Gasteiger partial charge in [0.15, 0.2) is 6.61 Å². The van der Waals surface area contributed by atoms with Crippen molar-refractivity contribution in [2.45, 2.75) is 33.3 Å². The molecule has 0 fully saturated rings. The third-order valence-corrected chi connectivity index (χ3v) is 4.23. The van der Waals surface area contributed by atoms with Crippen LogP contribution in [0.5, 0.6) is 5.75 Å². The molecule has 124 valence electrons. The highest BCUT2D eigenvalue weighted by Gasteiger charge is 2.12. The van der Waals surface area contributed by atoms with Crippen molar-refractivity contribution in [1.29, 1.82) is 0 Å². The zero-order valence-corrected chi connectivity index (χ0v) is 15.5. The Morgan fingerprint density at radius 1 is 1.08 bits per heavy atom. The Morgan fingerprint density at radius 2 is 1.83 bits per heavy atom. The summed E-state index contributed by atoms with van der Waals surface area (Å²) in [7, 11) is 0. The van der Waals surface area contributed by atoms with E-state index in [4.69, 9.17) is 9.15 Å². The van der Waals surface area contributed by atoms with Crippen molar-refractivity contribution < 1.29 is 9.15 Å². The molecular weight excluding hydrogens is 368 g/mol. The van der Waals surface area contributed by atoms with Gasteiger partial charge in [0, 0.05) is 10.0 Å². The summed E-state index contributed by atoms with van der Waals surface area (Å²) in [6.07, 6.45) is 0. The second-order valence-corrected chi connectivity index (χ2v) is 6.91. The van der Waals surface area contributed by atoms with Crippen LogP contribution in [0, 0.1) is 6.92 Å². The van der Waals surface area contributed by atoms with Gasteiger partial charge in [-0.1, -0.05) is 41.9 Å². The molecule has 1 heterocycles. The highest BCUT2D eigenvalue weighted by atomic mass is 79.9. The Morgan fingerprint density at radius 3 is 2.54 bits per heavy atom. The Balaban J connectivity index is 1.74. The normalized spacial score (nSPS) is 11.0. The monoisotopic (exact) mass is 386 g/mol. The van der Waals surface area contributed by atoms with E-state index in [2.05, 4.69) is 59.0 Å². The van der Waals surface area contributed by atoms with E-state index < -0.39 is 0 Å². The first-order chi connectivity index (χ1) is 11.5. The van der Waals surface area contributed by atoms with Crippen molar-refractivity contribution in [1.82, 2.24) is 10.2 Å². The van der Waals surface area contributed by atoms with Gasteiger partial charge in [-0.15, -0.1) is 10.2 Å². The van der Waals surface area contributed by atoms with Crippen LogP contribution in [0.25, 0.3) is 11.5 Å². The van der Waals surface area contributed by atoms with E-state index >= 15 is 0 Å². The average molecular weight is 387 g/mol. The Bertz CT molecular complexity index is 826. The van der Waals surface area contributed by atoms with Crippen molar-refractivity contribution >= 4 is 15.9 Å². The fraction of sp³-hybridized carbons (Fsp3) is 0.263. The molecular formula is C19H19BrN2O2. The third-order valence-electron chi connectivity index (χ3n) is 3.70. The summed E-state index contributed by atoms with van der Waals surface area (Å²) in [6.45, 7) is 6.60. The molecule has 5 heteroatoms. The lowest BCUT2D eigenvalue weighted by Crippen LogP contribution is -2.00. The quantitative estimate of drug-likeness (QED) is 0.579. The van der Waals surface area contributed by atoms with Crippen LogP contribution >= 0.6 is 15.9 Å². The van der Waals surface area contributed by atoms with Crippen molar-refractivity contribution in [3.05, 3.63) is 64.0 Å². The summed E-state index contributed by atoms with van der Waals surface area (Å²) in [4.78, 5) is 0. The Hall–Kier alpha value is -2.14. The van der Waals surface area contributed by atoms with Crippen LogP contribution in [0.2, 0.25) is 0 Å². The molecule has 0 unspecified atom stereocenters. The maximum atomic E-state index is 5.93. The minimum Gasteiger partial charge on any atom is -0.484 e. The summed E-state index contributed by atoms with van der Waals surface area (Å²) in [5.41, 5.74) is 3.22. The van der Waals surface area contributed by atoms with Crippen LogP contribution < -0.4 is 4.74 Å². The second-order valence-electron chi connectivity index (χ2n) is 5.99. The van der Waals surface area contributed by atoms with Gasteiger partial charge in [-0.05, 0) is 54.3 Å². The van der Waals surface area contributed by atoms with Crippen LogP contribution in [-0.2, 0) is 6.61 Å². The molecule has 24 heavy (non-hydrogen) atoms. The number of rotatable bonds is 5. The molecule has 0 spiro atoms. The smallest absolute Gasteiger partial charge is 0.254 e. The first kappa shape index (κ1) is 16.7. The first-order valence-electron chi connectivity index (χ1n) is 7.84. The highest BCUT2D eigenvalue weighted by molar-refractivity contribution is 9.10. The number of aromatic nitrogens is 2. The number of nitrogens with zero attached hydrogens (tertiary/aromatic N) is 2. The van der Waals surface area contributed by atoms with E-state index in [0.717, 1.165) is 21.3 Å². The molecule has 0 amide bonds. The maximum Gasteiger partial charge on any atom is 0.254 e. The summed E-state index contributed by atoms with van der Waals surface area (Å²) in [5, 5.41) is 8.17. The molecule has 0 aliphatic rings. The lowest BCUT2D eigenvalue weighted by molar-refractivity contribution is 0.261. The van der Waals surface area contributed by atoms with E-state index in [-0.39, 0.29) is 6.61 Å². The van der Waals surface area contributed by atoms with Gasteiger partial charge < -0.3 is 9.15 Å². The van der Waals surface area contributed by atoms with Gasteiger partial charge in [0.1, 0.15) is 5.75 Å². The summed E-state index contributed by atoms with van der Waals surface area (Å²) < 4.78 is 12.6. The number of hydrogen-bond acceptors (Lipinski definition) is 4. The lowest BCUT2D eigenvalue weighted by atomic mass is 10.0. The largest absolute Gasteiger partial charge is 0.484 e. The minimum absolute atomic E-state index is 0.257. The first-order valence-corrected chi connectivity index (χ1v) is 8.64. The molecule has 3 aromatic rings. The minimum atomic E-state index is 0.257. The molecule has 0 N–H and O–H groups in total. The molecule has 0 saturated heterocycles. The molecule has 0 atom stereocenters. The zero-order valence-electron chi connectivity index (χ0n) is 13.9. The van der Waals surface area contributed by atoms with Gasteiger partial charge in [-0.2, -0.15) is 0 Å². The van der Waals surface area contributed by atoms with Crippen molar-refractivity contribution in [2.75, 3.05) is 0 Å². The van der Waals surface area contributed by atoms with E-state index in [0.29, 0.717) is 17.7 Å². The molecule has 0 aliphatic carbocycles. The molecule has 1 aromatic heterocycles. The maximum absolute atomic E-state index is 5.93. The van der Waals surface area contributed by atoms with Crippen LogP contribution in [0.4, 0.5) is 0 Å². The van der Waals surface area contributed by atoms with Gasteiger partial charge in [-0.25, -0.2) is 0 Å². The predicted octanol–water partition coefficient (Wildman–Crippen LogP) is 5.51. The van der Waals surface area contributed by atoms with E-state index in [1.54, 1.807) is 0 Å². The molecule has 0 bridgehead atoms. The lowest BCUT2D eigenvalue weighted by Gasteiger charge is -2.13. The number of halogens is 1. The molecule has 0 radical (unpaired) electrons. The summed E-state index contributed by atoms with van der Waals surface area (Å²) >= 11 is 3.41. The van der Waals surface area contributed by atoms with Crippen LogP contribution in [0.1, 0.15) is 36.8 Å². The van der Waals surface area contributed by atoms with E-state index in [1.165, 1.54) is 5.56 Å². The van der Waals surface area contributed by atoms with E-state index in [1.807, 2.05) is 30.3 Å². The zero-order chi connectivity index (χ0) is 17.1. The Kier molecular flexibility index (Phi) is 5.00. The summed E-state index contributed by atoms with van der Waals surface area (Å²) in [6, 6.07) is 14.0. The second kappa shape index (κ2) is 7.18. The van der Waals surface area contributed by atoms with Gasteiger partial charge in [0.2, 0.25) is 5.89 Å². The Labute approximate surface area is 150 Å². The fourth-order valence-electron chi connectivity index (χ4n) is 2.40. The molecule has 4 nitrogen and oxygen atoms in total. The van der Waals surface area contributed by atoms with Crippen LogP contribution in [-0.4, -0.2) is 10.2 Å². The third kappa shape index (κ3) is 3.85. The molecule has 3 rings (SSSR count).